The van der Waals surface area contributed by atoms with Crippen LogP contribution in [0.3, 0.4) is 0 Å². The maximum atomic E-state index is 13.0. The molecule has 0 bridgehead atoms. The van der Waals surface area contributed by atoms with Gasteiger partial charge in [0.25, 0.3) is 0 Å². The van der Waals surface area contributed by atoms with E-state index in [1.54, 1.807) is 7.11 Å². The highest BCUT2D eigenvalue weighted by Crippen LogP contribution is 2.28. The molecule has 0 aromatic heterocycles. The molecule has 0 saturated carbocycles. The maximum absolute atomic E-state index is 13.0. The second-order valence-electron chi connectivity index (χ2n) is 10.4. The summed E-state index contributed by atoms with van der Waals surface area (Å²) < 4.78 is 5.48. The Morgan fingerprint density at radius 3 is 2.70 bits per heavy atom. The van der Waals surface area contributed by atoms with Crippen LogP contribution in [-0.4, -0.2) is 86.8 Å². The lowest BCUT2D eigenvalue weighted by atomic mass is 9.89. The Hall–Kier alpha value is -0.930. The zero-order valence-electron chi connectivity index (χ0n) is 20.0. The van der Waals surface area contributed by atoms with Gasteiger partial charge in [-0.15, -0.1) is 11.6 Å². The van der Waals surface area contributed by atoms with Crippen molar-refractivity contribution in [2.24, 2.45) is 17.8 Å². The van der Waals surface area contributed by atoms with E-state index in [1.165, 1.54) is 6.42 Å². The molecule has 0 spiro atoms. The van der Waals surface area contributed by atoms with Gasteiger partial charge in [-0.1, -0.05) is 12.8 Å². The van der Waals surface area contributed by atoms with Crippen molar-refractivity contribution < 1.29 is 14.3 Å². The third kappa shape index (κ3) is 6.60. The molecule has 2 amide bonds. The summed E-state index contributed by atoms with van der Waals surface area (Å²) in [5.41, 5.74) is 0. The number of hydrogen-bond donors (Lipinski definition) is 4. The summed E-state index contributed by atoms with van der Waals surface area (Å²) in [5, 5.41) is 13.3. The Morgan fingerprint density at radius 1 is 1.12 bits per heavy atom. The maximum Gasteiger partial charge on any atom is 0.237 e. The molecule has 4 rings (SSSR count). The predicted molar refractivity (Wildman–Crippen MR) is 129 cm³/mol. The number of unbranched alkanes of at least 4 members (excludes halogenated alkanes) is 1. The molecule has 33 heavy (non-hydrogen) atoms. The van der Waals surface area contributed by atoms with Gasteiger partial charge in [0.2, 0.25) is 11.8 Å². The van der Waals surface area contributed by atoms with Crippen molar-refractivity contribution in [1.29, 1.82) is 0 Å². The lowest BCUT2D eigenvalue weighted by Gasteiger charge is -2.39. The van der Waals surface area contributed by atoms with Gasteiger partial charge in [-0.2, -0.15) is 0 Å². The minimum absolute atomic E-state index is 0.0195. The van der Waals surface area contributed by atoms with E-state index in [0.717, 1.165) is 71.2 Å². The van der Waals surface area contributed by atoms with Crippen molar-refractivity contribution in [3.8, 4) is 0 Å². The van der Waals surface area contributed by atoms with Crippen molar-refractivity contribution in [3.63, 3.8) is 0 Å². The molecule has 0 radical (unpaired) electrons. The molecule has 6 unspecified atom stereocenters. The molecule has 6 atom stereocenters. The van der Waals surface area contributed by atoms with Gasteiger partial charge in [-0.25, -0.2) is 0 Å². The van der Waals surface area contributed by atoms with Crippen LogP contribution in [0.25, 0.3) is 0 Å². The number of carbonyl (C=O) groups is 2. The summed E-state index contributed by atoms with van der Waals surface area (Å²) in [6, 6.07) is 0.485. The second-order valence-corrected chi connectivity index (χ2v) is 11.0. The van der Waals surface area contributed by atoms with Crippen LogP contribution in [0.5, 0.6) is 0 Å². The van der Waals surface area contributed by atoms with E-state index in [-0.39, 0.29) is 35.4 Å². The van der Waals surface area contributed by atoms with E-state index in [9.17, 15) is 9.59 Å². The van der Waals surface area contributed by atoms with Gasteiger partial charge in [0.05, 0.1) is 12.0 Å². The van der Waals surface area contributed by atoms with Crippen molar-refractivity contribution >= 4 is 23.4 Å². The Kier molecular flexibility index (Phi) is 9.27. The second kappa shape index (κ2) is 12.2. The number of nitrogens with zero attached hydrogens (tertiary/aromatic N) is 1. The van der Waals surface area contributed by atoms with Gasteiger partial charge in [0.1, 0.15) is 6.23 Å². The van der Waals surface area contributed by atoms with E-state index in [1.807, 2.05) is 4.90 Å². The average molecular weight is 484 g/mol. The average Bonchev–Trinajstić information content (AvgIpc) is 3.28. The number of likely N-dealkylation sites (tertiary alicyclic amines) is 1. The number of rotatable bonds is 8. The number of amides is 2. The fourth-order valence-electron chi connectivity index (χ4n) is 6.12. The molecule has 9 heteroatoms. The van der Waals surface area contributed by atoms with Gasteiger partial charge < -0.3 is 25.6 Å². The molecular formula is C24H42ClN5O3. The number of alkyl halides is 1. The van der Waals surface area contributed by atoms with Crippen molar-refractivity contribution in [2.75, 3.05) is 46.4 Å². The molecule has 0 aromatic carbocycles. The first-order chi connectivity index (χ1) is 16.0. The molecule has 4 aliphatic rings. The minimum Gasteiger partial charge on any atom is -0.366 e. The number of halogens is 1. The van der Waals surface area contributed by atoms with Gasteiger partial charge in [0, 0.05) is 44.7 Å². The van der Waals surface area contributed by atoms with Gasteiger partial charge >= 0.3 is 0 Å². The zero-order chi connectivity index (χ0) is 23.2. The number of fused-ring (bicyclic) bond motifs is 1. The van der Waals surface area contributed by atoms with Crippen molar-refractivity contribution in [2.45, 2.75) is 75.1 Å². The topological polar surface area (TPSA) is 94.7 Å². The molecule has 4 N–H and O–H groups in total. The molecule has 0 aliphatic carbocycles. The van der Waals surface area contributed by atoms with Crippen LogP contribution in [0, 0.1) is 17.8 Å². The summed E-state index contributed by atoms with van der Waals surface area (Å²) in [7, 11) is 1.65. The Morgan fingerprint density at radius 2 is 1.94 bits per heavy atom. The Balaban J connectivity index is 1.08. The van der Waals surface area contributed by atoms with Crippen LogP contribution >= 0.6 is 11.6 Å². The van der Waals surface area contributed by atoms with Crippen LogP contribution in [0.15, 0.2) is 0 Å². The van der Waals surface area contributed by atoms with Crippen molar-refractivity contribution in [1.82, 2.24) is 26.2 Å². The van der Waals surface area contributed by atoms with Crippen molar-refractivity contribution in [3.05, 3.63) is 0 Å². The number of methoxy groups -OCH3 is 1. The molecule has 4 aliphatic heterocycles. The number of hydrogen-bond acceptors (Lipinski definition) is 6. The predicted octanol–water partition coefficient (Wildman–Crippen LogP) is 1.04. The molecule has 188 valence electrons. The Bertz CT molecular complexity index is 646. The van der Waals surface area contributed by atoms with Crippen LogP contribution < -0.4 is 21.3 Å². The van der Waals surface area contributed by atoms with Crippen LogP contribution in [0.1, 0.15) is 51.4 Å². The monoisotopic (exact) mass is 483 g/mol. The highest BCUT2D eigenvalue weighted by Gasteiger charge is 2.39. The Labute approximate surface area is 203 Å². The summed E-state index contributed by atoms with van der Waals surface area (Å²) in [4.78, 5) is 27.5. The highest BCUT2D eigenvalue weighted by atomic mass is 35.5. The smallest absolute Gasteiger partial charge is 0.237 e. The van der Waals surface area contributed by atoms with E-state index < -0.39 is 0 Å². The molecule has 0 aromatic rings. The van der Waals surface area contributed by atoms with Crippen LogP contribution in [-0.2, 0) is 14.3 Å². The van der Waals surface area contributed by atoms with E-state index in [2.05, 4.69) is 21.3 Å². The molecule has 8 nitrogen and oxygen atoms in total. The molecule has 4 fully saturated rings. The van der Waals surface area contributed by atoms with Crippen LogP contribution in [0.2, 0.25) is 0 Å². The number of ether oxygens (including phenoxy) is 1. The third-order valence-electron chi connectivity index (χ3n) is 8.13. The van der Waals surface area contributed by atoms with E-state index >= 15 is 0 Å². The molecule has 4 heterocycles. The summed E-state index contributed by atoms with van der Waals surface area (Å²) >= 11 is 6.29. The quantitative estimate of drug-likeness (QED) is 0.304. The van der Waals surface area contributed by atoms with E-state index in [0.29, 0.717) is 30.8 Å². The molecule has 4 saturated heterocycles. The highest BCUT2D eigenvalue weighted by molar-refractivity contribution is 6.21. The standard InChI is InChI=1S/C24H42ClN5O3/c1-33-23-19(13-18(25)15-28-23)24(32)30-10-6-16(7-11-30)4-2-3-8-27-22(31)21-12-17-14-26-9-5-20(17)29-21/h16-21,23,26,28-29H,2-15H2,1H3,(H,27,31). The number of nitrogens with one attached hydrogen (secondary N) is 4. The lowest BCUT2D eigenvalue weighted by Crippen LogP contribution is -2.54. The van der Waals surface area contributed by atoms with Gasteiger partial charge in [-0.05, 0) is 63.5 Å². The third-order valence-corrected chi connectivity index (χ3v) is 8.46. The van der Waals surface area contributed by atoms with Gasteiger partial charge in [0.15, 0.2) is 0 Å². The summed E-state index contributed by atoms with van der Waals surface area (Å²) in [5.74, 6) is 1.42. The largest absolute Gasteiger partial charge is 0.366 e. The SMILES string of the molecule is COC1NCC(Cl)CC1C(=O)N1CCC(CCCCNC(=O)C2CC3CNCCC3N2)CC1. The first-order valence-electron chi connectivity index (χ1n) is 13.0. The zero-order valence-corrected chi connectivity index (χ0v) is 20.7. The fraction of sp³-hybridized carbons (Fsp3) is 0.917. The number of carbonyl (C=O) groups excluding carboxylic acids is 2. The first kappa shape index (κ1) is 25.2. The normalized spacial score (nSPS) is 35.3. The fourth-order valence-corrected chi connectivity index (χ4v) is 6.40. The molecular weight excluding hydrogens is 442 g/mol. The van der Waals surface area contributed by atoms with Gasteiger partial charge in [-0.3, -0.25) is 14.9 Å². The first-order valence-corrected chi connectivity index (χ1v) is 13.4. The lowest BCUT2D eigenvalue weighted by molar-refractivity contribution is -0.144. The summed E-state index contributed by atoms with van der Waals surface area (Å²) in [6.45, 7) is 5.17. The minimum atomic E-state index is -0.236. The van der Waals surface area contributed by atoms with Crippen LogP contribution in [0.4, 0.5) is 0 Å². The summed E-state index contributed by atoms with van der Waals surface area (Å²) in [6.07, 6.45) is 7.94. The number of piperidine rings is 3. The van der Waals surface area contributed by atoms with E-state index in [4.69, 9.17) is 16.3 Å².